The molecule has 0 bridgehead atoms. The van der Waals surface area contributed by atoms with E-state index in [4.69, 9.17) is 11.6 Å². The minimum absolute atomic E-state index is 0.400. The van der Waals surface area contributed by atoms with Crippen molar-refractivity contribution in [1.29, 1.82) is 0 Å². The molecule has 1 atom stereocenters. The van der Waals surface area contributed by atoms with E-state index < -0.39 is 0 Å². The number of halogens is 1. The third-order valence-corrected chi connectivity index (χ3v) is 4.25. The minimum atomic E-state index is 0.400. The molecule has 0 aliphatic carbocycles. The number of rotatable bonds is 5. The van der Waals surface area contributed by atoms with E-state index in [2.05, 4.69) is 12.2 Å². The molecule has 1 aromatic rings. The van der Waals surface area contributed by atoms with Gasteiger partial charge in [-0.3, -0.25) is 0 Å². The van der Waals surface area contributed by atoms with E-state index in [1.807, 2.05) is 30.3 Å². The van der Waals surface area contributed by atoms with Crippen molar-refractivity contribution in [2.75, 3.05) is 18.6 Å². The van der Waals surface area contributed by atoms with Gasteiger partial charge in [0.25, 0.3) is 0 Å². The van der Waals surface area contributed by atoms with Gasteiger partial charge in [-0.15, -0.1) is 11.3 Å². The van der Waals surface area contributed by atoms with Crippen molar-refractivity contribution in [1.82, 2.24) is 5.32 Å². The molecule has 0 aliphatic heterocycles. The molecule has 0 aromatic carbocycles. The fourth-order valence-electron chi connectivity index (χ4n) is 1.08. The van der Waals surface area contributed by atoms with E-state index in [-0.39, 0.29) is 0 Å². The molecule has 1 nitrogen and oxygen atoms in total. The van der Waals surface area contributed by atoms with Gasteiger partial charge in [0.15, 0.2) is 0 Å². The van der Waals surface area contributed by atoms with E-state index in [0.717, 1.165) is 16.5 Å². The van der Waals surface area contributed by atoms with Crippen LogP contribution in [0.4, 0.5) is 0 Å². The summed E-state index contributed by atoms with van der Waals surface area (Å²) in [6, 6.07) is 2.36. The maximum absolute atomic E-state index is 6.05. The monoisotopic (exact) mass is 235 g/mol. The molecule has 1 aromatic heterocycles. The van der Waals surface area contributed by atoms with Gasteiger partial charge in [-0.2, -0.15) is 11.8 Å². The molecule has 0 fully saturated rings. The Bertz CT molecular complexity index is 250. The Morgan fingerprint density at radius 1 is 1.69 bits per heavy atom. The van der Waals surface area contributed by atoms with Gasteiger partial charge >= 0.3 is 0 Å². The second kappa shape index (κ2) is 5.91. The molecule has 0 spiro atoms. The molecule has 13 heavy (non-hydrogen) atoms. The topological polar surface area (TPSA) is 12.0 Å². The SMILES string of the molecule is CCSCC(NC)c1sccc1Cl. The maximum Gasteiger partial charge on any atom is 0.0561 e. The summed E-state index contributed by atoms with van der Waals surface area (Å²) >= 11 is 9.71. The Morgan fingerprint density at radius 2 is 2.46 bits per heavy atom. The van der Waals surface area contributed by atoms with Gasteiger partial charge in [0.2, 0.25) is 0 Å². The van der Waals surface area contributed by atoms with Crippen LogP contribution in [0.5, 0.6) is 0 Å². The lowest BCUT2D eigenvalue weighted by atomic mass is 10.3. The summed E-state index contributed by atoms with van der Waals surface area (Å²) in [5.41, 5.74) is 0. The van der Waals surface area contributed by atoms with Crippen molar-refractivity contribution in [3.63, 3.8) is 0 Å². The number of hydrogen-bond acceptors (Lipinski definition) is 3. The molecule has 1 unspecified atom stereocenters. The van der Waals surface area contributed by atoms with E-state index >= 15 is 0 Å². The smallest absolute Gasteiger partial charge is 0.0561 e. The Kier molecular flexibility index (Phi) is 5.17. The summed E-state index contributed by atoms with van der Waals surface area (Å²) in [4.78, 5) is 1.25. The molecule has 0 amide bonds. The molecule has 4 heteroatoms. The van der Waals surface area contributed by atoms with Crippen LogP contribution in [0, 0.1) is 0 Å². The first kappa shape index (κ1) is 11.4. The lowest BCUT2D eigenvalue weighted by molar-refractivity contribution is 0.674. The number of hydrogen-bond donors (Lipinski definition) is 1. The molecule has 0 aliphatic rings. The van der Waals surface area contributed by atoms with Crippen molar-refractivity contribution in [3.8, 4) is 0 Å². The molecule has 0 radical (unpaired) electrons. The van der Waals surface area contributed by atoms with Crippen LogP contribution in [0.15, 0.2) is 11.4 Å². The second-order valence-corrected chi connectivity index (χ2v) is 5.31. The highest BCUT2D eigenvalue weighted by Gasteiger charge is 2.13. The predicted octanol–water partition coefficient (Wildman–Crippen LogP) is 3.42. The standard InChI is InChI=1S/C9H14ClNS2/c1-3-12-6-8(11-2)9-7(10)4-5-13-9/h4-5,8,11H,3,6H2,1-2H3. The predicted molar refractivity (Wildman–Crippen MR) is 64.1 cm³/mol. The second-order valence-electron chi connectivity index (χ2n) is 2.63. The van der Waals surface area contributed by atoms with Crippen LogP contribution in [-0.2, 0) is 0 Å². The zero-order valence-electron chi connectivity index (χ0n) is 7.84. The summed E-state index contributed by atoms with van der Waals surface area (Å²) < 4.78 is 0. The van der Waals surface area contributed by atoms with Gasteiger partial charge in [0, 0.05) is 10.6 Å². The third-order valence-electron chi connectivity index (χ3n) is 1.80. The van der Waals surface area contributed by atoms with Gasteiger partial charge in [-0.1, -0.05) is 18.5 Å². The van der Waals surface area contributed by atoms with Gasteiger partial charge < -0.3 is 5.32 Å². The average molecular weight is 236 g/mol. The number of nitrogens with one attached hydrogen (secondary N) is 1. The van der Waals surface area contributed by atoms with Crippen LogP contribution >= 0.6 is 34.7 Å². The highest BCUT2D eigenvalue weighted by molar-refractivity contribution is 7.99. The van der Waals surface area contributed by atoms with Crippen LogP contribution in [0.2, 0.25) is 5.02 Å². The lowest BCUT2D eigenvalue weighted by Crippen LogP contribution is -2.17. The molecule has 1 heterocycles. The molecule has 0 saturated heterocycles. The van der Waals surface area contributed by atoms with Crippen molar-refractivity contribution in [2.45, 2.75) is 13.0 Å². The molecular weight excluding hydrogens is 222 g/mol. The molecule has 0 saturated carbocycles. The van der Waals surface area contributed by atoms with Crippen molar-refractivity contribution < 1.29 is 0 Å². The summed E-state index contributed by atoms with van der Waals surface area (Å²) in [7, 11) is 1.98. The summed E-state index contributed by atoms with van der Waals surface area (Å²) in [6.45, 7) is 2.17. The van der Waals surface area contributed by atoms with E-state index in [9.17, 15) is 0 Å². The fourth-order valence-corrected chi connectivity index (χ4v) is 3.29. The molecule has 1 N–H and O–H groups in total. The van der Waals surface area contributed by atoms with Crippen LogP contribution in [0.3, 0.4) is 0 Å². The first-order valence-corrected chi connectivity index (χ1v) is 6.68. The van der Waals surface area contributed by atoms with E-state index in [1.165, 1.54) is 4.88 Å². The largest absolute Gasteiger partial charge is 0.312 e. The van der Waals surface area contributed by atoms with Gasteiger partial charge in [-0.25, -0.2) is 0 Å². The minimum Gasteiger partial charge on any atom is -0.312 e. The first-order valence-electron chi connectivity index (χ1n) is 4.27. The van der Waals surface area contributed by atoms with Gasteiger partial charge in [0.1, 0.15) is 0 Å². The summed E-state index contributed by atoms with van der Waals surface area (Å²) in [5, 5.41) is 6.22. The van der Waals surface area contributed by atoms with Crippen LogP contribution in [0.1, 0.15) is 17.8 Å². The summed E-state index contributed by atoms with van der Waals surface area (Å²) in [6.07, 6.45) is 0. The van der Waals surface area contributed by atoms with Gasteiger partial charge in [0.05, 0.1) is 11.1 Å². The first-order chi connectivity index (χ1) is 6.29. The summed E-state index contributed by atoms with van der Waals surface area (Å²) in [5.74, 6) is 2.24. The third kappa shape index (κ3) is 3.17. The molecule has 74 valence electrons. The van der Waals surface area contributed by atoms with Gasteiger partial charge in [-0.05, 0) is 24.2 Å². The van der Waals surface area contributed by atoms with E-state index in [0.29, 0.717) is 6.04 Å². The van der Waals surface area contributed by atoms with Crippen molar-refractivity contribution in [2.24, 2.45) is 0 Å². The van der Waals surface area contributed by atoms with E-state index in [1.54, 1.807) is 11.3 Å². The van der Waals surface area contributed by atoms with Crippen LogP contribution < -0.4 is 5.32 Å². The number of thiophene rings is 1. The van der Waals surface area contributed by atoms with Crippen LogP contribution in [0.25, 0.3) is 0 Å². The quantitative estimate of drug-likeness (QED) is 0.840. The molecule has 1 rings (SSSR count). The lowest BCUT2D eigenvalue weighted by Gasteiger charge is -2.13. The Hall–Kier alpha value is 0.300. The Balaban J connectivity index is 2.61. The maximum atomic E-state index is 6.05. The zero-order chi connectivity index (χ0) is 9.68. The highest BCUT2D eigenvalue weighted by atomic mass is 35.5. The fraction of sp³-hybridized carbons (Fsp3) is 0.556. The Labute approximate surface area is 92.9 Å². The van der Waals surface area contributed by atoms with Crippen molar-refractivity contribution in [3.05, 3.63) is 21.3 Å². The zero-order valence-corrected chi connectivity index (χ0v) is 10.2. The number of thioether (sulfide) groups is 1. The normalized spacial score (nSPS) is 13.2. The van der Waals surface area contributed by atoms with Crippen LogP contribution in [-0.4, -0.2) is 18.6 Å². The highest BCUT2D eigenvalue weighted by Crippen LogP contribution is 2.30. The molecular formula is C9H14ClNS2. The van der Waals surface area contributed by atoms with Crippen molar-refractivity contribution >= 4 is 34.7 Å². The Morgan fingerprint density at radius 3 is 2.92 bits per heavy atom. The average Bonchev–Trinajstić information content (AvgIpc) is 2.54.